The van der Waals surface area contributed by atoms with Gasteiger partial charge in [0.2, 0.25) is 6.17 Å². The number of hydrogen-bond acceptors (Lipinski definition) is 2. The van der Waals surface area contributed by atoms with Crippen LogP contribution in [0.15, 0.2) is 0 Å². The number of hydrogen-bond donors (Lipinski definition) is 2. The van der Waals surface area contributed by atoms with Crippen molar-refractivity contribution in [2.75, 3.05) is 13.2 Å². The highest BCUT2D eigenvalue weighted by molar-refractivity contribution is 4.75. The predicted octanol–water partition coefficient (Wildman–Crippen LogP) is 0.454. The summed E-state index contributed by atoms with van der Waals surface area (Å²) in [5.74, 6) is -1.55. The summed E-state index contributed by atoms with van der Waals surface area (Å²) in [4.78, 5) is 0. The molecule has 0 aromatic carbocycles. The average molecular weight is 175 g/mol. The van der Waals surface area contributed by atoms with Crippen LogP contribution in [0.5, 0.6) is 0 Å². The molecule has 0 aromatic heterocycles. The Hall–Kier alpha value is -0.360. The Morgan fingerprint density at radius 3 is 1.91 bits per heavy atom. The first-order valence-electron chi connectivity index (χ1n) is 2.95. The van der Waals surface area contributed by atoms with Crippen molar-refractivity contribution < 1.29 is 22.7 Å². The van der Waals surface area contributed by atoms with Crippen molar-refractivity contribution in [2.24, 2.45) is 11.7 Å². The lowest BCUT2D eigenvalue weighted by Gasteiger charge is -2.19. The monoisotopic (exact) mass is 175 g/mol. The van der Waals surface area contributed by atoms with Gasteiger partial charge in [0.25, 0.3) is 0 Å². The van der Waals surface area contributed by atoms with Gasteiger partial charge in [-0.25, -0.2) is 4.39 Å². The summed E-state index contributed by atoms with van der Waals surface area (Å²) in [6.45, 7) is -1.41. The fourth-order valence-electron chi connectivity index (χ4n) is 0.554. The third kappa shape index (κ3) is 3.02. The van der Waals surface area contributed by atoms with Crippen molar-refractivity contribution in [3.63, 3.8) is 0 Å². The highest BCUT2D eigenvalue weighted by Gasteiger charge is 2.44. The Bertz CT molecular complexity index is 112. The number of alkyl halides is 4. The summed E-state index contributed by atoms with van der Waals surface area (Å²) in [5.41, 5.74) is 4.78. The van der Waals surface area contributed by atoms with E-state index in [0.717, 1.165) is 0 Å². The number of rotatable bonds is 3. The lowest BCUT2D eigenvalue weighted by Crippen LogP contribution is -2.38. The van der Waals surface area contributed by atoms with E-state index in [1.807, 2.05) is 0 Å². The van der Waals surface area contributed by atoms with Gasteiger partial charge in [0.15, 0.2) is 0 Å². The summed E-state index contributed by atoms with van der Waals surface area (Å²) in [6.07, 6.45) is -7.95. The zero-order valence-electron chi connectivity index (χ0n) is 5.61. The zero-order valence-corrected chi connectivity index (χ0v) is 5.61. The van der Waals surface area contributed by atoms with E-state index in [2.05, 4.69) is 0 Å². The quantitative estimate of drug-likeness (QED) is 0.612. The van der Waals surface area contributed by atoms with Gasteiger partial charge in [-0.3, -0.25) is 0 Å². The first-order chi connectivity index (χ1) is 4.93. The van der Waals surface area contributed by atoms with Crippen LogP contribution in [0.2, 0.25) is 0 Å². The molecule has 0 aliphatic rings. The maximum Gasteiger partial charge on any atom is 0.420 e. The molecule has 3 N–H and O–H groups in total. The molecule has 0 bridgehead atoms. The summed E-state index contributed by atoms with van der Waals surface area (Å²) in [5, 5.41) is 8.24. The molecule has 2 unspecified atom stereocenters. The smallest absolute Gasteiger partial charge is 0.396 e. The largest absolute Gasteiger partial charge is 0.420 e. The van der Waals surface area contributed by atoms with E-state index in [9.17, 15) is 17.6 Å². The van der Waals surface area contributed by atoms with Crippen molar-refractivity contribution in [3.05, 3.63) is 0 Å². The van der Waals surface area contributed by atoms with Crippen LogP contribution in [0.25, 0.3) is 0 Å². The molecule has 0 saturated heterocycles. The van der Waals surface area contributed by atoms with Crippen LogP contribution < -0.4 is 5.73 Å². The first kappa shape index (κ1) is 10.6. The summed E-state index contributed by atoms with van der Waals surface area (Å²) in [7, 11) is 0. The van der Waals surface area contributed by atoms with E-state index in [1.54, 1.807) is 0 Å². The van der Waals surface area contributed by atoms with E-state index < -0.39 is 31.4 Å². The third-order valence-corrected chi connectivity index (χ3v) is 1.26. The second-order valence-electron chi connectivity index (χ2n) is 2.12. The average Bonchev–Trinajstić information content (AvgIpc) is 1.88. The maximum atomic E-state index is 12.2. The summed E-state index contributed by atoms with van der Waals surface area (Å²) in [6, 6.07) is 0. The van der Waals surface area contributed by atoms with E-state index in [4.69, 9.17) is 10.8 Å². The molecule has 6 heteroatoms. The molecule has 0 aliphatic heterocycles. The lowest BCUT2D eigenvalue weighted by molar-refractivity contribution is -0.196. The molecule has 0 aromatic rings. The number of nitrogens with two attached hydrogens (primary N) is 1. The maximum absolute atomic E-state index is 12.2. The van der Waals surface area contributed by atoms with Gasteiger partial charge in [0.1, 0.15) is 0 Å². The van der Waals surface area contributed by atoms with Crippen LogP contribution in [0.1, 0.15) is 0 Å². The van der Waals surface area contributed by atoms with Gasteiger partial charge < -0.3 is 10.8 Å². The lowest BCUT2D eigenvalue weighted by atomic mass is 10.1. The van der Waals surface area contributed by atoms with Crippen LogP contribution in [-0.2, 0) is 0 Å². The summed E-state index contributed by atoms with van der Waals surface area (Å²) < 4.78 is 46.8. The highest BCUT2D eigenvalue weighted by Crippen LogP contribution is 2.27. The Kier molecular flexibility index (Phi) is 3.74. The molecule has 0 saturated carbocycles. The van der Waals surface area contributed by atoms with Gasteiger partial charge in [0, 0.05) is 12.5 Å². The highest BCUT2D eigenvalue weighted by atomic mass is 19.4. The molecule has 2 nitrogen and oxygen atoms in total. The van der Waals surface area contributed by atoms with Gasteiger partial charge >= 0.3 is 6.18 Å². The molecular weight excluding hydrogens is 166 g/mol. The molecular formula is C5H9F4NO. The van der Waals surface area contributed by atoms with Gasteiger partial charge in [-0.05, 0) is 0 Å². The van der Waals surface area contributed by atoms with Crippen molar-refractivity contribution >= 4 is 0 Å². The Labute approximate surface area is 61.0 Å². The van der Waals surface area contributed by atoms with E-state index in [1.165, 1.54) is 0 Å². The second kappa shape index (κ2) is 3.87. The zero-order chi connectivity index (χ0) is 9.07. The Morgan fingerprint density at radius 1 is 1.36 bits per heavy atom. The summed E-state index contributed by atoms with van der Waals surface area (Å²) >= 11 is 0. The Balaban J connectivity index is 4.09. The minimum atomic E-state index is -4.92. The van der Waals surface area contributed by atoms with E-state index in [-0.39, 0.29) is 0 Å². The molecule has 0 rings (SSSR count). The molecule has 11 heavy (non-hydrogen) atoms. The normalized spacial score (nSPS) is 18.0. The molecule has 68 valence electrons. The fourth-order valence-corrected chi connectivity index (χ4v) is 0.554. The standard InChI is InChI=1S/C5H9F4NO/c6-4(5(7,8)9)3(1-10)2-11/h3-4,11H,1-2,10H2. The topological polar surface area (TPSA) is 46.2 Å². The molecule has 0 aliphatic carbocycles. The number of aliphatic hydroxyl groups is 1. The van der Waals surface area contributed by atoms with Crippen LogP contribution in [-0.4, -0.2) is 30.6 Å². The molecule has 2 atom stereocenters. The second-order valence-corrected chi connectivity index (χ2v) is 2.12. The fraction of sp³-hybridized carbons (Fsp3) is 1.00. The molecule has 0 radical (unpaired) electrons. The Morgan fingerprint density at radius 2 is 1.82 bits per heavy atom. The van der Waals surface area contributed by atoms with Crippen molar-refractivity contribution in [2.45, 2.75) is 12.3 Å². The van der Waals surface area contributed by atoms with Crippen molar-refractivity contribution in [1.82, 2.24) is 0 Å². The van der Waals surface area contributed by atoms with Crippen molar-refractivity contribution in [3.8, 4) is 0 Å². The molecule has 0 fully saturated rings. The SMILES string of the molecule is NCC(CO)C(F)C(F)(F)F. The molecule has 0 amide bonds. The van der Waals surface area contributed by atoms with E-state index in [0.29, 0.717) is 0 Å². The van der Waals surface area contributed by atoms with Gasteiger partial charge in [0.05, 0.1) is 6.61 Å². The van der Waals surface area contributed by atoms with Gasteiger partial charge in [-0.15, -0.1) is 0 Å². The molecule has 0 heterocycles. The van der Waals surface area contributed by atoms with Crippen LogP contribution in [0, 0.1) is 5.92 Å². The number of halogens is 4. The predicted molar refractivity (Wildman–Crippen MR) is 30.6 cm³/mol. The molecule has 0 spiro atoms. The van der Waals surface area contributed by atoms with Crippen LogP contribution in [0.3, 0.4) is 0 Å². The van der Waals surface area contributed by atoms with Gasteiger partial charge in [-0.2, -0.15) is 13.2 Å². The minimum Gasteiger partial charge on any atom is -0.396 e. The third-order valence-electron chi connectivity index (χ3n) is 1.26. The van der Waals surface area contributed by atoms with Crippen LogP contribution >= 0.6 is 0 Å². The minimum absolute atomic E-state index is 0.517. The van der Waals surface area contributed by atoms with Crippen molar-refractivity contribution in [1.29, 1.82) is 0 Å². The van der Waals surface area contributed by atoms with Crippen LogP contribution in [0.4, 0.5) is 17.6 Å². The number of aliphatic hydroxyl groups excluding tert-OH is 1. The van der Waals surface area contributed by atoms with E-state index >= 15 is 0 Å². The van der Waals surface area contributed by atoms with Gasteiger partial charge in [-0.1, -0.05) is 0 Å². The first-order valence-corrected chi connectivity index (χ1v) is 2.95.